The van der Waals surface area contributed by atoms with Crippen LogP contribution >= 0.6 is 0 Å². The standard InChI is InChI=1S/C46H48N4O7/c1-56-41-25-33(21-32-26-50(46(55)44(32)41)39-15-16-42(53)47-45(39)54)49-19-17-48(18-20-49)27-40(52)31-23-36(24-31)57-35-11-7-29(8-12-35)43-37(28-5-3-2-4-6-28)13-9-30-22-34(51)10-14-38(30)43/h2-8,10-12,14,21-22,25,31,36-37,39,43,51H,9,13,15-20,23-24,26-27H2,1H3,(H,47,53,54)/t31?,36?,37-,39?,43+/m1/s1. The van der Waals surface area contributed by atoms with Gasteiger partial charge in [0.25, 0.3) is 5.91 Å². The number of nitrogens with zero attached hydrogens (tertiary/aromatic N) is 3. The normalized spacial score (nSPS) is 24.6. The van der Waals surface area contributed by atoms with Crippen LogP contribution in [-0.2, 0) is 27.3 Å². The first-order valence-electron chi connectivity index (χ1n) is 20.2. The fourth-order valence-corrected chi connectivity index (χ4v) is 9.66. The highest BCUT2D eigenvalue weighted by Gasteiger charge is 2.42. The number of anilines is 1. The van der Waals surface area contributed by atoms with Gasteiger partial charge in [0.1, 0.15) is 35.2 Å². The number of methoxy groups -OCH3 is 1. The van der Waals surface area contributed by atoms with Gasteiger partial charge in [-0.05, 0) is 96.2 Å². The van der Waals surface area contributed by atoms with Gasteiger partial charge >= 0.3 is 0 Å². The smallest absolute Gasteiger partial charge is 0.258 e. The molecule has 4 aromatic rings. The lowest BCUT2D eigenvalue weighted by molar-refractivity contribution is -0.137. The van der Waals surface area contributed by atoms with Gasteiger partial charge in [0.2, 0.25) is 11.8 Å². The summed E-state index contributed by atoms with van der Waals surface area (Å²) in [6.45, 7) is 3.65. The Labute approximate surface area is 332 Å². The van der Waals surface area contributed by atoms with Crippen molar-refractivity contribution in [2.24, 2.45) is 5.92 Å². The molecule has 3 fully saturated rings. The molecule has 2 N–H and O–H groups in total. The molecule has 0 spiro atoms. The van der Waals surface area contributed by atoms with Gasteiger partial charge in [-0.3, -0.25) is 29.4 Å². The van der Waals surface area contributed by atoms with Crippen LogP contribution < -0.4 is 19.7 Å². The summed E-state index contributed by atoms with van der Waals surface area (Å²) in [5, 5.41) is 12.5. The Kier molecular flexibility index (Phi) is 9.94. The number of Topliss-reactive ketones (excluding diaryl/α,β-unsaturated/α-hetero) is 1. The van der Waals surface area contributed by atoms with Gasteiger partial charge < -0.3 is 24.4 Å². The quantitative estimate of drug-likeness (QED) is 0.199. The van der Waals surface area contributed by atoms with Gasteiger partial charge in [0, 0.05) is 62.7 Å². The van der Waals surface area contributed by atoms with Crippen molar-refractivity contribution in [2.45, 2.75) is 69.1 Å². The molecule has 3 atom stereocenters. The van der Waals surface area contributed by atoms with Gasteiger partial charge in [-0.1, -0.05) is 48.5 Å². The molecule has 0 radical (unpaired) electrons. The van der Waals surface area contributed by atoms with Crippen molar-refractivity contribution in [3.05, 3.63) is 118 Å². The number of carbonyl (C=O) groups is 4. The van der Waals surface area contributed by atoms with Crippen LogP contribution in [0.1, 0.15) is 82.1 Å². The van der Waals surface area contributed by atoms with E-state index in [0.717, 1.165) is 68.9 Å². The molecule has 11 heteroatoms. The average molecular weight is 769 g/mol. The first-order valence-corrected chi connectivity index (χ1v) is 20.2. The molecule has 294 valence electrons. The van der Waals surface area contributed by atoms with Crippen LogP contribution in [0.3, 0.4) is 0 Å². The van der Waals surface area contributed by atoms with E-state index in [1.165, 1.54) is 22.3 Å². The Morgan fingerprint density at radius 2 is 1.61 bits per heavy atom. The number of hydrogen-bond donors (Lipinski definition) is 2. The van der Waals surface area contributed by atoms with Gasteiger partial charge in [-0.2, -0.15) is 0 Å². The molecule has 3 amide bonds. The van der Waals surface area contributed by atoms with Crippen molar-refractivity contribution >= 4 is 29.2 Å². The summed E-state index contributed by atoms with van der Waals surface area (Å²) in [6, 6.07) is 28.2. The molecule has 4 aromatic carbocycles. The maximum atomic E-state index is 13.4. The molecule has 2 aliphatic carbocycles. The van der Waals surface area contributed by atoms with E-state index in [4.69, 9.17) is 9.47 Å². The lowest BCUT2D eigenvalue weighted by Gasteiger charge is -2.38. The van der Waals surface area contributed by atoms with E-state index in [-0.39, 0.29) is 48.5 Å². The topological polar surface area (TPSA) is 129 Å². The second-order valence-electron chi connectivity index (χ2n) is 16.2. The number of phenolic OH excluding ortho intramolecular Hbond substituents is 1. The maximum Gasteiger partial charge on any atom is 0.258 e. The van der Waals surface area contributed by atoms with Crippen molar-refractivity contribution in [2.75, 3.05) is 44.7 Å². The highest BCUT2D eigenvalue weighted by atomic mass is 16.5. The van der Waals surface area contributed by atoms with Crippen LogP contribution in [0.25, 0.3) is 0 Å². The van der Waals surface area contributed by atoms with E-state index in [9.17, 15) is 24.3 Å². The number of fused-ring (bicyclic) bond motifs is 2. The number of phenols is 1. The Morgan fingerprint density at radius 3 is 2.35 bits per heavy atom. The summed E-state index contributed by atoms with van der Waals surface area (Å²) in [5.74, 6) is 1.39. The number of hydrogen-bond acceptors (Lipinski definition) is 9. The molecular weight excluding hydrogens is 721 g/mol. The summed E-state index contributed by atoms with van der Waals surface area (Å²) >= 11 is 0. The van der Waals surface area contributed by atoms with Crippen molar-refractivity contribution in [1.82, 2.24) is 15.1 Å². The zero-order chi connectivity index (χ0) is 39.2. The number of piperidine rings is 1. The molecule has 0 bridgehead atoms. The van der Waals surface area contributed by atoms with Crippen LogP contribution in [0.4, 0.5) is 5.69 Å². The highest BCUT2D eigenvalue weighted by Crippen LogP contribution is 2.47. The Hall–Kier alpha value is -5.68. The number of piperazine rings is 1. The molecule has 0 aromatic heterocycles. The third kappa shape index (κ3) is 7.25. The molecule has 1 saturated carbocycles. The van der Waals surface area contributed by atoms with E-state index >= 15 is 0 Å². The van der Waals surface area contributed by atoms with Gasteiger partial charge in [-0.25, -0.2) is 0 Å². The van der Waals surface area contributed by atoms with Crippen molar-refractivity contribution in [3.63, 3.8) is 0 Å². The number of ketones is 1. The predicted molar refractivity (Wildman–Crippen MR) is 214 cm³/mol. The van der Waals surface area contributed by atoms with Crippen molar-refractivity contribution < 1.29 is 33.8 Å². The number of rotatable bonds is 10. The molecule has 1 unspecified atom stereocenters. The van der Waals surface area contributed by atoms with Crippen LogP contribution in [0.2, 0.25) is 0 Å². The van der Waals surface area contributed by atoms with E-state index in [2.05, 4.69) is 75.8 Å². The Morgan fingerprint density at radius 1 is 0.842 bits per heavy atom. The summed E-state index contributed by atoms with van der Waals surface area (Å²) in [5.41, 5.74) is 7.26. The van der Waals surface area contributed by atoms with E-state index in [1.54, 1.807) is 18.1 Å². The van der Waals surface area contributed by atoms with Gasteiger partial charge in [0.15, 0.2) is 0 Å². The summed E-state index contributed by atoms with van der Waals surface area (Å²) < 4.78 is 12.0. The fourth-order valence-electron chi connectivity index (χ4n) is 9.66. The monoisotopic (exact) mass is 768 g/mol. The largest absolute Gasteiger partial charge is 0.508 e. The highest BCUT2D eigenvalue weighted by molar-refractivity contribution is 6.06. The number of aromatic hydroxyl groups is 1. The SMILES string of the molecule is COc1cc(N2CCN(CC(=O)C3CC(Oc4ccc([C@@H]5c6ccc(O)cc6CC[C@@H]5c5ccccc5)cc4)C3)CC2)cc2c1C(=O)N(C1CCC(=O)NC1=O)C2. The molecule has 57 heavy (non-hydrogen) atoms. The molecule has 3 heterocycles. The summed E-state index contributed by atoms with van der Waals surface area (Å²) in [6.07, 6.45) is 3.92. The van der Waals surface area contributed by atoms with Crippen LogP contribution in [0, 0.1) is 5.92 Å². The summed E-state index contributed by atoms with van der Waals surface area (Å²) in [4.78, 5) is 57.0. The second kappa shape index (κ2) is 15.3. The van der Waals surface area contributed by atoms with E-state index in [0.29, 0.717) is 35.9 Å². The lowest BCUT2D eigenvalue weighted by Crippen LogP contribution is -2.52. The number of aryl methyl sites for hydroxylation is 1. The maximum absolute atomic E-state index is 13.4. The van der Waals surface area contributed by atoms with Crippen molar-refractivity contribution in [3.8, 4) is 17.2 Å². The molecule has 11 nitrogen and oxygen atoms in total. The molecular formula is C46H48N4O7. The lowest BCUT2D eigenvalue weighted by atomic mass is 9.69. The third-order valence-electron chi connectivity index (χ3n) is 12.8. The second-order valence-corrected chi connectivity index (χ2v) is 16.2. The number of carbonyl (C=O) groups excluding carboxylic acids is 4. The minimum absolute atomic E-state index is 0.0000824. The van der Waals surface area contributed by atoms with Gasteiger partial charge in [-0.15, -0.1) is 0 Å². The first-order chi connectivity index (χ1) is 27.7. The van der Waals surface area contributed by atoms with E-state index < -0.39 is 11.9 Å². The predicted octanol–water partition coefficient (Wildman–Crippen LogP) is 5.57. The van der Waals surface area contributed by atoms with E-state index in [1.807, 2.05) is 18.2 Å². The molecule has 3 aliphatic heterocycles. The molecule has 5 aliphatic rings. The Balaban J connectivity index is 0.770. The number of imide groups is 1. The van der Waals surface area contributed by atoms with Crippen LogP contribution in [-0.4, -0.2) is 90.4 Å². The van der Waals surface area contributed by atoms with Crippen LogP contribution in [0.5, 0.6) is 17.2 Å². The zero-order valence-corrected chi connectivity index (χ0v) is 32.2. The average Bonchev–Trinajstić information content (AvgIpc) is 3.54. The summed E-state index contributed by atoms with van der Waals surface area (Å²) in [7, 11) is 1.54. The number of benzene rings is 4. The third-order valence-corrected chi connectivity index (χ3v) is 12.8. The van der Waals surface area contributed by atoms with Crippen molar-refractivity contribution in [1.29, 1.82) is 0 Å². The van der Waals surface area contributed by atoms with Crippen LogP contribution in [0.15, 0.2) is 84.9 Å². The molecule has 2 saturated heterocycles. The zero-order valence-electron chi connectivity index (χ0n) is 32.2. The minimum Gasteiger partial charge on any atom is -0.508 e. The number of nitrogens with one attached hydrogen (secondary N) is 1. The number of amides is 3. The van der Waals surface area contributed by atoms with Gasteiger partial charge in [0.05, 0.1) is 19.2 Å². The molecule has 9 rings (SSSR count). The minimum atomic E-state index is -0.682. The first kappa shape index (κ1) is 36.9. The Bertz CT molecular complexity index is 2190. The number of ether oxygens (including phenoxy) is 2. The fraction of sp³-hybridized carbons (Fsp3) is 0.391.